The van der Waals surface area contributed by atoms with Gasteiger partial charge in [-0.15, -0.1) is 0 Å². The molecule has 11 heteroatoms. The molecule has 3 N–H and O–H groups in total. The van der Waals surface area contributed by atoms with E-state index in [-0.39, 0.29) is 10.3 Å². The standard InChI is InChI=1S/C8H10AsNO5.C7H6ClN.C2H4O2/c1-6(11)10-8-4-2-7(3-5-8)9(12,13)15-14;1-2-7-4-3-6(8)5-9-7;1-4-2-3/h2-5,14H,1H3,(H,10,11)(H,12,13);2-5H,1H2;2H,1H3. The van der Waals surface area contributed by atoms with Crippen LogP contribution in [0.25, 0.3) is 6.08 Å². The van der Waals surface area contributed by atoms with Gasteiger partial charge in [0.05, 0.1) is 17.8 Å². The fourth-order valence-electron chi connectivity index (χ4n) is 1.49. The van der Waals surface area contributed by atoms with Gasteiger partial charge in [0, 0.05) is 6.20 Å². The summed E-state index contributed by atoms with van der Waals surface area (Å²) in [6.45, 7) is 5.28. The SMILES string of the molecule is C=Cc1ccc(Cl)cn1.CC(=O)Nc1ccc([As](=O)(O)OO)cc1.COC=O. The molecule has 0 spiro atoms. The van der Waals surface area contributed by atoms with Crippen molar-refractivity contribution in [3.63, 3.8) is 0 Å². The molecule has 28 heavy (non-hydrogen) atoms. The van der Waals surface area contributed by atoms with Gasteiger partial charge in [-0.25, -0.2) is 0 Å². The number of anilines is 1. The van der Waals surface area contributed by atoms with Crippen LogP contribution in [0.15, 0.2) is 49.2 Å². The van der Waals surface area contributed by atoms with Gasteiger partial charge >= 0.3 is 88.4 Å². The molecule has 0 bridgehead atoms. The molecule has 0 fully saturated rings. The third-order valence-corrected chi connectivity index (χ3v) is 5.36. The van der Waals surface area contributed by atoms with Crippen LogP contribution in [0.5, 0.6) is 0 Å². The second-order valence-electron chi connectivity index (χ2n) is 4.77. The second-order valence-corrected chi connectivity index (χ2v) is 8.81. The zero-order valence-corrected chi connectivity index (χ0v) is 17.7. The zero-order chi connectivity index (χ0) is 21.6. The van der Waals surface area contributed by atoms with Crippen LogP contribution in [0.3, 0.4) is 0 Å². The van der Waals surface area contributed by atoms with E-state index in [0.717, 1.165) is 5.69 Å². The van der Waals surface area contributed by atoms with Gasteiger partial charge in [0.2, 0.25) is 0 Å². The van der Waals surface area contributed by atoms with Crippen LogP contribution in [-0.2, 0) is 21.9 Å². The first kappa shape index (κ1) is 25.6. The normalized spacial score (nSPS) is 11.3. The van der Waals surface area contributed by atoms with Gasteiger partial charge in [-0.05, 0) is 18.2 Å². The Balaban J connectivity index is 0.000000473. The minimum atomic E-state index is -4.76. The molecule has 2 rings (SSSR count). The zero-order valence-electron chi connectivity index (χ0n) is 15.1. The summed E-state index contributed by atoms with van der Waals surface area (Å²) >= 11 is 0.808. The Morgan fingerprint density at radius 1 is 1.29 bits per heavy atom. The second kappa shape index (κ2) is 13.7. The Labute approximate surface area is 169 Å². The number of nitrogens with one attached hydrogen (secondary N) is 1. The maximum Gasteiger partial charge on any atom is 0.292 e. The molecule has 0 aliphatic rings. The summed E-state index contributed by atoms with van der Waals surface area (Å²) in [5, 5.41) is 11.4. The molecule has 1 heterocycles. The van der Waals surface area contributed by atoms with Crippen molar-refractivity contribution in [2.24, 2.45) is 0 Å². The van der Waals surface area contributed by atoms with Gasteiger partial charge in [-0.2, -0.15) is 0 Å². The molecule has 9 nitrogen and oxygen atoms in total. The van der Waals surface area contributed by atoms with E-state index in [1.807, 2.05) is 6.07 Å². The van der Waals surface area contributed by atoms with Crippen molar-refractivity contribution in [1.82, 2.24) is 4.98 Å². The Hall–Kier alpha value is -2.42. The molecule has 0 saturated carbocycles. The quantitative estimate of drug-likeness (QED) is 0.259. The molecular weight excluding hydrogens is 455 g/mol. The van der Waals surface area contributed by atoms with Crippen molar-refractivity contribution in [2.45, 2.75) is 6.92 Å². The van der Waals surface area contributed by atoms with E-state index in [2.05, 4.69) is 25.5 Å². The number of rotatable bonds is 5. The van der Waals surface area contributed by atoms with Gasteiger partial charge in [0.25, 0.3) is 6.47 Å². The molecule has 1 unspecified atom stereocenters. The summed E-state index contributed by atoms with van der Waals surface area (Å²) in [6.07, 6.45) is 3.27. The molecular formula is C17H20AsClN2O7. The topological polar surface area (TPSA) is 135 Å². The summed E-state index contributed by atoms with van der Waals surface area (Å²) < 4.78 is 27.7. The van der Waals surface area contributed by atoms with Gasteiger partial charge in [0.1, 0.15) is 0 Å². The minimum Gasteiger partial charge on any atom is -0.471 e. The number of carbonyl (C=O) groups excluding carboxylic acids is 2. The summed E-state index contributed by atoms with van der Waals surface area (Å²) in [4.78, 5) is 23.6. The van der Waals surface area contributed by atoms with E-state index in [0.29, 0.717) is 17.2 Å². The number of aromatic nitrogens is 1. The van der Waals surface area contributed by atoms with Crippen molar-refractivity contribution in [3.8, 4) is 0 Å². The first-order valence-corrected chi connectivity index (χ1v) is 11.1. The fourth-order valence-corrected chi connectivity index (χ4v) is 2.90. The fraction of sp³-hybridized carbons (Fsp3) is 0.118. The maximum atomic E-state index is 11.2. The predicted molar refractivity (Wildman–Crippen MR) is 105 cm³/mol. The summed E-state index contributed by atoms with van der Waals surface area (Å²) in [6, 6.07) is 9.10. The van der Waals surface area contributed by atoms with Crippen molar-refractivity contribution in [3.05, 3.63) is 59.9 Å². The van der Waals surface area contributed by atoms with Gasteiger partial charge < -0.3 is 4.74 Å². The smallest absolute Gasteiger partial charge is 0.292 e. The van der Waals surface area contributed by atoms with Crippen LogP contribution in [-0.4, -0.2) is 48.0 Å². The Morgan fingerprint density at radius 2 is 1.86 bits per heavy atom. The van der Waals surface area contributed by atoms with Crippen molar-refractivity contribution < 1.29 is 31.3 Å². The number of methoxy groups -OCH3 is 1. The molecule has 1 aromatic carbocycles. The molecule has 1 amide bonds. The van der Waals surface area contributed by atoms with Crippen molar-refractivity contribution >= 4 is 54.3 Å². The summed E-state index contributed by atoms with van der Waals surface area (Å²) in [5.41, 5.74) is 1.35. The van der Waals surface area contributed by atoms with Crippen molar-refractivity contribution in [1.29, 1.82) is 0 Å². The molecule has 1 aromatic heterocycles. The van der Waals surface area contributed by atoms with Crippen LogP contribution in [0.4, 0.5) is 5.69 Å². The number of hydrogen-bond acceptors (Lipinski definition) is 7. The van der Waals surface area contributed by atoms with Gasteiger partial charge in [0.15, 0.2) is 0 Å². The van der Waals surface area contributed by atoms with E-state index >= 15 is 0 Å². The Bertz CT molecular complexity index is 798. The molecule has 0 aliphatic carbocycles. The first-order chi connectivity index (χ1) is 13.2. The Morgan fingerprint density at radius 3 is 2.21 bits per heavy atom. The third kappa shape index (κ3) is 10.7. The molecule has 0 radical (unpaired) electrons. The molecule has 0 aliphatic heterocycles. The number of hydrogen-bond donors (Lipinski definition) is 3. The number of amides is 1. The van der Waals surface area contributed by atoms with Gasteiger partial charge in [-0.1, -0.05) is 18.2 Å². The van der Waals surface area contributed by atoms with Gasteiger partial charge in [-0.3, -0.25) is 9.78 Å². The minimum absolute atomic E-state index is 0.00438. The number of halogens is 1. The molecule has 152 valence electrons. The number of nitrogens with zero attached hydrogens (tertiary/aromatic N) is 1. The van der Waals surface area contributed by atoms with E-state index in [1.54, 1.807) is 18.3 Å². The van der Waals surface area contributed by atoms with E-state index in [4.69, 9.17) is 25.7 Å². The van der Waals surface area contributed by atoms with Crippen LogP contribution in [0.2, 0.25) is 5.02 Å². The average Bonchev–Trinajstić information content (AvgIpc) is 2.69. The van der Waals surface area contributed by atoms with E-state index in [1.165, 1.54) is 38.3 Å². The summed E-state index contributed by atoms with van der Waals surface area (Å²) in [5.74, 6) is -0.237. The van der Waals surface area contributed by atoms with E-state index < -0.39 is 14.2 Å². The van der Waals surface area contributed by atoms with E-state index in [9.17, 15) is 8.53 Å². The van der Waals surface area contributed by atoms with Crippen LogP contribution < -0.4 is 9.67 Å². The monoisotopic (exact) mass is 474 g/mol. The van der Waals surface area contributed by atoms with Crippen LogP contribution >= 0.6 is 11.6 Å². The van der Waals surface area contributed by atoms with Crippen LogP contribution in [0.1, 0.15) is 12.6 Å². The van der Waals surface area contributed by atoms with Crippen LogP contribution in [0, 0.1) is 0 Å². The largest absolute Gasteiger partial charge is 0.471 e. The molecule has 1 atom stereocenters. The number of pyridine rings is 1. The number of ether oxygens (including phenoxy) is 1. The molecule has 2 aromatic rings. The molecule has 0 saturated heterocycles. The number of benzene rings is 1. The van der Waals surface area contributed by atoms with Crippen molar-refractivity contribution in [2.75, 3.05) is 12.4 Å². The Kier molecular flexibility index (Phi) is 12.5. The maximum absolute atomic E-state index is 11.2. The average molecular weight is 475 g/mol. The first-order valence-electron chi connectivity index (χ1n) is 7.44. The predicted octanol–water partition coefficient (Wildman–Crippen LogP) is 1.87. The summed E-state index contributed by atoms with van der Waals surface area (Å²) in [7, 11) is 1.31. The third-order valence-electron chi connectivity index (χ3n) is 2.68. The number of carbonyl (C=O) groups is 2.